The Hall–Kier alpha value is -1.71. The molecule has 0 aromatic heterocycles. The van der Waals surface area contributed by atoms with Crippen LogP contribution in [0.15, 0.2) is 29.3 Å². The van der Waals surface area contributed by atoms with Gasteiger partial charge in [-0.2, -0.15) is 0 Å². The van der Waals surface area contributed by atoms with Crippen molar-refractivity contribution in [2.24, 2.45) is 10.7 Å². The average molecular weight is 235 g/mol. The molecule has 1 unspecified atom stereocenters. The third-order valence-corrected chi connectivity index (χ3v) is 2.24. The summed E-state index contributed by atoms with van der Waals surface area (Å²) in [5.41, 5.74) is 6.88. The zero-order valence-electron chi connectivity index (χ0n) is 10.7. The molecule has 1 atom stereocenters. The second kappa shape index (κ2) is 6.78. The number of rotatable bonds is 5. The van der Waals surface area contributed by atoms with Crippen LogP contribution in [0.5, 0.6) is 5.75 Å². The summed E-state index contributed by atoms with van der Waals surface area (Å²) >= 11 is 0. The van der Waals surface area contributed by atoms with E-state index in [9.17, 15) is 0 Å². The van der Waals surface area contributed by atoms with Crippen LogP contribution in [-0.2, 0) is 0 Å². The zero-order chi connectivity index (χ0) is 12.7. The molecule has 0 bridgehead atoms. The fraction of sp³-hybridized carbons (Fsp3) is 0.462. The number of nitrogens with two attached hydrogens (primary N) is 1. The van der Waals surface area contributed by atoms with Crippen molar-refractivity contribution >= 4 is 5.96 Å². The van der Waals surface area contributed by atoms with Gasteiger partial charge in [0.05, 0.1) is 6.04 Å². The minimum atomic E-state index is 0.131. The molecule has 0 aliphatic rings. The third-order valence-electron chi connectivity index (χ3n) is 2.24. The maximum Gasteiger partial charge on any atom is 0.188 e. The molecule has 4 heteroatoms. The van der Waals surface area contributed by atoms with Crippen LogP contribution in [-0.4, -0.2) is 25.2 Å². The molecule has 3 N–H and O–H groups in total. The predicted molar refractivity (Wildman–Crippen MR) is 71.4 cm³/mol. The Kier molecular flexibility index (Phi) is 5.33. The summed E-state index contributed by atoms with van der Waals surface area (Å²) < 4.78 is 5.63. The van der Waals surface area contributed by atoms with E-state index in [1.165, 1.54) is 5.56 Å². The molecule has 0 heterocycles. The summed E-state index contributed by atoms with van der Waals surface area (Å²) in [5.74, 6) is 1.34. The number of hydrogen-bond donors (Lipinski definition) is 2. The smallest absolute Gasteiger partial charge is 0.188 e. The monoisotopic (exact) mass is 235 g/mol. The lowest BCUT2D eigenvalue weighted by molar-refractivity contribution is 0.286. The molecule has 0 aliphatic heterocycles. The van der Waals surface area contributed by atoms with Gasteiger partial charge in [-0.3, -0.25) is 4.99 Å². The fourth-order valence-electron chi connectivity index (χ4n) is 1.37. The number of ether oxygens (including phenoxy) is 1. The molecule has 0 aliphatic carbocycles. The largest absolute Gasteiger partial charge is 0.491 e. The summed E-state index contributed by atoms with van der Waals surface area (Å²) in [6.07, 6.45) is 0. The lowest BCUT2D eigenvalue weighted by Gasteiger charge is -2.15. The average Bonchev–Trinajstić information content (AvgIpc) is 2.28. The van der Waals surface area contributed by atoms with Gasteiger partial charge in [0.15, 0.2) is 5.96 Å². The maximum absolute atomic E-state index is 5.66. The molecule has 0 saturated carbocycles. The summed E-state index contributed by atoms with van der Waals surface area (Å²) in [5, 5.41) is 3.07. The Balaban J connectivity index is 2.35. The summed E-state index contributed by atoms with van der Waals surface area (Å²) in [4.78, 5) is 4.06. The fourth-order valence-corrected chi connectivity index (χ4v) is 1.37. The second-order valence-corrected chi connectivity index (χ2v) is 4.03. The quantitative estimate of drug-likeness (QED) is 0.603. The Morgan fingerprint density at radius 2 is 2.06 bits per heavy atom. The normalized spacial score (nSPS) is 13.2. The van der Waals surface area contributed by atoms with Crippen LogP contribution in [0.2, 0.25) is 0 Å². The van der Waals surface area contributed by atoms with Gasteiger partial charge in [-0.05, 0) is 32.9 Å². The zero-order valence-corrected chi connectivity index (χ0v) is 10.7. The predicted octanol–water partition coefficient (Wildman–Crippen LogP) is 1.69. The van der Waals surface area contributed by atoms with E-state index in [2.05, 4.69) is 17.2 Å². The van der Waals surface area contributed by atoms with Gasteiger partial charge in [0.25, 0.3) is 0 Å². The van der Waals surface area contributed by atoms with Gasteiger partial charge in [-0.25, -0.2) is 0 Å². The van der Waals surface area contributed by atoms with E-state index < -0.39 is 0 Å². The van der Waals surface area contributed by atoms with Crippen molar-refractivity contribution in [2.45, 2.75) is 26.8 Å². The second-order valence-electron chi connectivity index (χ2n) is 4.03. The number of nitrogens with one attached hydrogen (secondary N) is 1. The minimum absolute atomic E-state index is 0.131. The van der Waals surface area contributed by atoms with Crippen molar-refractivity contribution in [2.75, 3.05) is 13.2 Å². The molecule has 0 spiro atoms. The first-order chi connectivity index (χ1) is 8.11. The first-order valence-electron chi connectivity index (χ1n) is 5.87. The van der Waals surface area contributed by atoms with Gasteiger partial charge in [-0.1, -0.05) is 17.7 Å². The summed E-state index contributed by atoms with van der Waals surface area (Å²) in [7, 11) is 0. The molecule has 0 saturated heterocycles. The van der Waals surface area contributed by atoms with Gasteiger partial charge in [-0.15, -0.1) is 0 Å². The number of aryl methyl sites for hydroxylation is 1. The van der Waals surface area contributed by atoms with Crippen LogP contribution in [0.25, 0.3) is 0 Å². The number of nitrogens with zero attached hydrogens (tertiary/aromatic N) is 1. The first kappa shape index (κ1) is 13.4. The van der Waals surface area contributed by atoms with Crippen LogP contribution >= 0.6 is 0 Å². The van der Waals surface area contributed by atoms with Crippen LogP contribution < -0.4 is 15.8 Å². The van der Waals surface area contributed by atoms with E-state index in [-0.39, 0.29) is 6.04 Å². The van der Waals surface area contributed by atoms with E-state index >= 15 is 0 Å². The summed E-state index contributed by atoms with van der Waals surface area (Å²) in [6.45, 7) is 7.25. The first-order valence-corrected chi connectivity index (χ1v) is 5.87. The molecular weight excluding hydrogens is 214 g/mol. The Morgan fingerprint density at radius 1 is 1.41 bits per heavy atom. The van der Waals surface area contributed by atoms with Crippen molar-refractivity contribution in [3.05, 3.63) is 29.8 Å². The van der Waals surface area contributed by atoms with Crippen LogP contribution in [0, 0.1) is 6.92 Å². The van der Waals surface area contributed by atoms with Gasteiger partial charge < -0.3 is 15.8 Å². The van der Waals surface area contributed by atoms with Gasteiger partial charge in [0, 0.05) is 6.54 Å². The standard InChI is InChI=1S/C13H21N3O/c1-4-15-13(14)16-11(3)9-17-12-7-5-10(2)6-8-12/h5-8,11H,4,9H2,1-3H3,(H3,14,15,16). The van der Waals surface area contributed by atoms with E-state index in [1.807, 2.05) is 38.1 Å². The molecule has 1 rings (SSSR count). The van der Waals surface area contributed by atoms with E-state index in [0.717, 1.165) is 5.75 Å². The van der Waals surface area contributed by atoms with Crippen LogP contribution in [0.1, 0.15) is 19.4 Å². The van der Waals surface area contributed by atoms with Crippen molar-refractivity contribution in [1.82, 2.24) is 5.32 Å². The maximum atomic E-state index is 5.66. The van der Waals surface area contributed by atoms with E-state index in [1.54, 1.807) is 0 Å². The topological polar surface area (TPSA) is 59.6 Å². The van der Waals surface area contributed by atoms with Crippen LogP contribution in [0.4, 0.5) is 0 Å². The Morgan fingerprint density at radius 3 is 2.65 bits per heavy atom. The van der Waals surface area contributed by atoms with Gasteiger partial charge >= 0.3 is 0 Å². The molecular formula is C13H21N3O. The van der Waals surface area contributed by atoms with Gasteiger partial charge in [0.1, 0.15) is 12.4 Å². The number of hydrogen-bond acceptors (Lipinski definition) is 2. The van der Waals surface area contributed by atoms with Crippen molar-refractivity contribution in [3.8, 4) is 5.75 Å². The molecule has 0 fully saturated rings. The van der Waals surface area contributed by atoms with Crippen LogP contribution in [0.3, 0.4) is 0 Å². The minimum Gasteiger partial charge on any atom is -0.491 e. The molecule has 94 valence electrons. The number of guanidine groups is 1. The summed E-state index contributed by atoms with van der Waals surface area (Å²) in [6, 6.07) is 8.11. The SMILES string of the molecule is CCN=C(N)NC(C)COc1ccc(C)cc1. The van der Waals surface area contributed by atoms with E-state index in [0.29, 0.717) is 19.1 Å². The lowest BCUT2D eigenvalue weighted by atomic mass is 10.2. The molecule has 17 heavy (non-hydrogen) atoms. The molecule has 1 aromatic rings. The molecule has 0 amide bonds. The number of benzene rings is 1. The number of aliphatic imine (C=N–C) groups is 1. The highest BCUT2D eigenvalue weighted by atomic mass is 16.5. The van der Waals surface area contributed by atoms with Crippen molar-refractivity contribution < 1.29 is 4.74 Å². The highest BCUT2D eigenvalue weighted by Crippen LogP contribution is 2.11. The van der Waals surface area contributed by atoms with E-state index in [4.69, 9.17) is 10.5 Å². The Labute approximate surface area is 103 Å². The van der Waals surface area contributed by atoms with Crippen molar-refractivity contribution in [1.29, 1.82) is 0 Å². The van der Waals surface area contributed by atoms with Gasteiger partial charge in [0.2, 0.25) is 0 Å². The third kappa shape index (κ3) is 5.24. The Bertz CT molecular complexity index is 359. The molecule has 4 nitrogen and oxygen atoms in total. The molecule has 0 radical (unpaired) electrons. The highest BCUT2D eigenvalue weighted by Gasteiger charge is 2.03. The van der Waals surface area contributed by atoms with Crippen molar-refractivity contribution in [3.63, 3.8) is 0 Å². The lowest BCUT2D eigenvalue weighted by Crippen LogP contribution is -2.41. The highest BCUT2D eigenvalue weighted by molar-refractivity contribution is 5.78. The molecule has 1 aromatic carbocycles.